The fourth-order valence-electron chi connectivity index (χ4n) is 2.65. The number of carbonyl (C=O) groups excluding carboxylic acids is 1. The van der Waals surface area contributed by atoms with Crippen LogP contribution in [0.5, 0.6) is 0 Å². The fourth-order valence-corrected chi connectivity index (χ4v) is 2.65. The van der Waals surface area contributed by atoms with E-state index in [1.807, 2.05) is 14.0 Å². The summed E-state index contributed by atoms with van der Waals surface area (Å²) in [5, 5.41) is 12.1. The molecule has 1 fully saturated rings. The minimum atomic E-state index is 0.0641. The van der Waals surface area contributed by atoms with Gasteiger partial charge in [-0.25, -0.2) is 0 Å². The van der Waals surface area contributed by atoms with E-state index in [-0.39, 0.29) is 17.9 Å². The number of rotatable bonds is 5. The maximum Gasteiger partial charge on any atom is 0.234 e. The Morgan fingerprint density at radius 2 is 2.22 bits per heavy atom. The van der Waals surface area contributed by atoms with Crippen LogP contribution in [0.3, 0.4) is 0 Å². The van der Waals surface area contributed by atoms with Gasteiger partial charge in [0.05, 0.1) is 18.5 Å². The maximum absolute atomic E-state index is 11.7. The molecule has 0 aromatic carbocycles. The molecule has 3 atom stereocenters. The number of hydrogen-bond acceptors (Lipinski definition) is 3. The molecule has 1 N–H and O–H groups in total. The van der Waals surface area contributed by atoms with E-state index < -0.39 is 0 Å². The average Bonchev–Trinajstić information content (AvgIpc) is 2.36. The van der Waals surface area contributed by atoms with Gasteiger partial charge in [0.15, 0.2) is 0 Å². The SMILES string of the molecule is CCCNC(=O)CN(C)C1CC(C)CCC1C#N. The van der Waals surface area contributed by atoms with Crippen LogP contribution in [0.1, 0.15) is 39.5 Å². The quantitative estimate of drug-likeness (QED) is 0.810. The van der Waals surface area contributed by atoms with Crippen molar-refractivity contribution in [1.82, 2.24) is 10.2 Å². The van der Waals surface area contributed by atoms with Crippen LogP contribution in [-0.2, 0) is 4.79 Å². The predicted octanol–water partition coefficient (Wildman–Crippen LogP) is 1.77. The highest BCUT2D eigenvalue weighted by molar-refractivity contribution is 5.77. The molecule has 0 saturated heterocycles. The van der Waals surface area contributed by atoms with Crippen LogP contribution in [0, 0.1) is 23.2 Å². The summed E-state index contributed by atoms with van der Waals surface area (Å²) in [6.07, 6.45) is 4.07. The Morgan fingerprint density at radius 1 is 1.50 bits per heavy atom. The third-order valence-corrected chi connectivity index (χ3v) is 3.78. The second kappa shape index (κ2) is 7.38. The van der Waals surface area contributed by atoms with Crippen LogP contribution < -0.4 is 5.32 Å². The lowest BCUT2D eigenvalue weighted by atomic mass is 9.79. The van der Waals surface area contributed by atoms with Gasteiger partial charge in [-0.2, -0.15) is 5.26 Å². The van der Waals surface area contributed by atoms with Gasteiger partial charge < -0.3 is 5.32 Å². The summed E-state index contributed by atoms with van der Waals surface area (Å²) in [7, 11) is 1.96. The molecule has 3 unspecified atom stereocenters. The molecule has 4 nitrogen and oxygen atoms in total. The lowest BCUT2D eigenvalue weighted by Crippen LogP contribution is -2.46. The van der Waals surface area contributed by atoms with Crippen molar-refractivity contribution in [2.75, 3.05) is 20.1 Å². The van der Waals surface area contributed by atoms with Gasteiger partial charge in [-0.1, -0.05) is 13.8 Å². The lowest BCUT2D eigenvalue weighted by Gasteiger charge is -2.37. The van der Waals surface area contributed by atoms with Crippen LogP contribution in [0.15, 0.2) is 0 Å². The molecule has 1 aliphatic rings. The van der Waals surface area contributed by atoms with Crippen molar-refractivity contribution in [3.05, 3.63) is 0 Å². The number of nitrogens with zero attached hydrogens (tertiary/aromatic N) is 2. The highest BCUT2D eigenvalue weighted by Crippen LogP contribution is 2.31. The van der Waals surface area contributed by atoms with E-state index in [4.69, 9.17) is 0 Å². The second-order valence-electron chi connectivity index (χ2n) is 5.49. The Hall–Kier alpha value is -1.08. The number of nitrogens with one attached hydrogen (secondary N) is 1. The Balaban J connectivity index is 2.50. The largest absolute Gasteiger partial charge is 0.355 e. The van der Waals surface area contributed by atoms with Crippen LogP contribution in [0.2, 0.25) is 0 Å². The molecule has 1 saturated carbocycles. The molecule has 0 heterocycles. The van der Waals surface area contributed by atoms with Crippen molar-refractivity contribution in [1.29, 1.82) is 5.26 Å². The molecule has 0 bridgehead atoms. The van der Waals surface area contributed by atoms with Crippen molar-refractivity contribution >= 4 is 5.91 Å². The van der Waals surface area contributed by atoms with Gasteiger partial charge in [-0.15, -0.1) is 0 Å². The highest BCUT2D eigenvalue weighted by atomic mass is 16.2. The fraction of sp³-hybridized carbons (Fsp3) is 0.857. The first-order valence-electron chi connectivity index (χ1n) is 6.95. The molecule has 0 aromatic heterocycles. The molecular weight excluding hydrogens is 226 g/mol. The van der Waals surface area contributed by atoms with Gasteiger partial charge in [0.1, 0.15) is 0 Å². The number of amides is 1. The lowest BCUT2D eigenvalue weighted by molar-refractivity contribution is -0.122. The summed E-state index contributed by atoms with van der Waals surface area (Å²) < 4.78 is 0. The summed E-state index contributed by atoms with van der Waals surface area (Å²) in [5.74, 6) is 0.792. The first-order chi connectivity index (χ1) is 8.58. The van der Waals surface area contributed by atoms with Crippen LogP contribution in [-0.4, -0.2) is 37.0 Å². The summed E-state index contributed by atoms with van der Waals surface area (Å²) in [5.41, 5.74) is 0. The zero-order chi connectivity index (χ0) is 13.5. The van der Waals surface area contributed by atoms with Gasteiger partial charge in [0.25, 0.3) is 0 Å². The van der Waals surface area contributed by atoms with E-state index in [1.165, 1.54) is 0 Å². The first-order valence-corrected chi connectivity index (χ1v) is 6.95. The third-order valence-electron chi connectivity index (χ3n) is 3.78. The molecule has 102 valence electrons. The molecule has 0 spiro atoms. The van der Waals surface area contributed by atoms with Crippen LogP contribution in [0.25, 0.3) is 0 Å². The van der Waals surface area contributed by atoms with Gasteiger partial charge in [0.2, 0.25) is 5.91 Å². The van der Waals surface area contributed by atoms with Gasteiger partial charge in [-0.3, -0.25) is 9.69 Å². The normalized spacial score (nSPS) is 27.8. The maximum atomic E-state index is 11.7. The first kappa shape index (κ1) is 15.0. The van der Waals surface area contributed by atoms with Gasteiger partial charge >= 0.3 is 0 Å². The molecule has 1 rings (SSSR count). The van der Waals surface area contributed by atoms with E-state index in [0.29, 0.717) is 12.5 Å². The summed E-state index contributed by atoms with van der Waals surface area (Å²) in [4.78, 5) is 13.7. The monoisotopic (exact) mass is 251 g/mol. The number of hydrogen-bond donors (Lipinski definition) is 1. The molecule has 1 amide bonds. The Morgan fingerprint density at radius 3 is 2.83 bits per heavy atom. The number of nitriles is 1. The van der Waals surface area contributed by atoms with Crippen molar-refractivity contribution < 1.29 is 4.79 Å². The average molecular weight is 251 g/mol. The smallest absolute Gasteiger partial charge is 0.234 e. The van der Waals surface area contributed by atoms with Crippen LogP contribution >= 0.6 is 0 Å². The molecule has 0 radical (unpaired) electrons. The minimum absolute atomic E-state index is 0.0641. The number of carbonyl (C=O) groups is 1. The molecular formula is C14H25N3O. The highest BCUT2D eigenvalue weighted by Gasteiger charge is 2.31. The second-order valence-corrected chi connectivity index (χ2v) is 5.49. The zero-order valence-electron chi connectivity index (χ0n) is 11.8. The van der Waals surface area contributed by atoms with Crippen molar-refractivity contribution in [3.63, 3.8) is 0 Å². The Kier molecular flexibility index (Phi) is 6.14. The number of likely N-dealkylation sites (N-methyl/N-ethyl adjacent to an activating group) is 1. The van der Waals surface area contributed by atoms with Gasteiger partial charge in [0, 0.05) is 12.6 Å². The molecule has 0 aliphatic heterocycles. The van der Waals surface area contributed by atoms with E-state index in [0.717, 1.165) is 32.2 Å². The zero-order valence-corrected chi connectivity index (χ0v) is 11.8. The van der Waals surface area contributed by atoms with Crippen molar-refractivity contribution in [3.8, 4) is 6.07 Å². The summed E-state index contributed by atoms with van der Waals surface area (Å²) in [6, 6.07) is 2.63. The molecule has 0 aromatic rings. The topological polar surface area (TPSA) is 56.1 Å². The van der Waals surface area contributed by atoms with Crippen molar-refractivity contribution in [2.45, 2.75) is 45.6 Å². The van der Waals surface area contributed by atoms with E-state index in [2.05, 4.69) is 23.2 Å². The molecule has 1 aliphatic carbocycles. The summed E-state index contributed by atoms with van der Waals surface area (Å²) >= 11 is 0. The van der Waals surface area contributed by atoms with Crippen LogP contribution in [0.4, 0.5) is 0 Å². The van der Waals surface area contributed by atoms with E-state index >= 15 is 0 Å². The van der Waals surface area contributed by atoms with E-state index in [9.17, 15) is 10.1 Å². The Bertz CT molecular complexity index is 311. The predicted molar refractivity (Wildman–Crippen MR) is 71.8 cm³/mol. The van der Waals surface area contributed by atoms with Crippen molar-refractivity contribution in [2.24, 2.45) is 11.8 Å². The Labute approximate surface area is 110 Å². The standard InChI is InChI=1S/C14H25N3O/c1-4-7-16-14(18)10-17(3)13-8-11(2)5-6-12(13)9-15/h11-13H,4-8,10H2,1-3H3,(H,16,18). The molecule has 18 heavy (non-hydrogen) atoms. The minimum Gasteiger partial charge on any atom is -0.355 e. The summed E-state index contributed by atoms with van der Waals surface area (Å²) in [6.45, 7) is 5.40. The van der Waals surface area contributed by atoms with Gasteiger partial charge in [-0.05, 0) is 38.6 Å². The molecule has 4 heteroatoms. The third kappa shape index (κ3) is 4.30. The van der Waals surface area contributed by atoms with E-state index in [1.54, 1.807) is 0 Å².